The van der Waals surface area contributed by atoms with Crippen molar-refractivity contribution in [3.05, 3.63) is 35.9 Å². The van der Waals surface area contributed by atoms with Crippen molar-refractivity contribution >= 4 is 5.96 Å². The molecule has 1 fully saturated rings. The molecule has 2 rings (SSSR count). The predicted octanol–water partition coefficient (Wildman–Crippen LogP) is 3.34. The van der Waals surface area contributed by atoms with Crippen molar-refractivity contribution in [2.45, 2.75) is 45.6 Å². The highest BCUT2D eigenvalue weighted by Crippen LogP contribution is 2.40. The largest absolute Gasteiger partial charge is 0.385 e. The molecule has 1 aromatic rings. The Labute approximate surface area is 140 Å². The monoisotopic (exact) mass is 317 g/mol. The standard InChI is InChI=1S/C19H31N3O/c1-3-20-18(21-15-17-9-5-4-6-10-17)22-16-19(13-14-23-2)11-7-8-12-19/h4-6,9-10H,3,7-8,11-16H2,1-2H3,(H2,20,21,22). The zero-order valence-electron chi connectivity index (χ0n) is 14.6. The van der Waals surface area contributed by atoms with E-state index >= 15 is 0 Å². The topological polar surface area (TPSA) is 45.7 Å². The van der Waals surface area contributed by atoms with Crippen molar-refractivity contribution in [2.75, 3.05) is 26.8 Å². The Morgan fingerprint density at radius 3 is 2.57 bits per heavy atom. The van der Waals surface area contributed by atoms with Gasteiger partial charge in [0, 0.05) is 26.8 Å². The van der Waals surface area contributed by atoms with Gasteiger partial charge in [0.05, 0.1) is 6.54 Å². The molecule has 0 unspecified atom stereocenters. The van der Waals surface area contributed by atoms with Crippen LogP contribution in [0.3, 0.4) is 0 Å². The third-order valence-corrected chi connectivity index (χ3v) is 4.74. The molecular weight excluding hydrogens is 286 g/mol. The number of hydrogen-bond donors (Lipinski definition) is 2. The number of rotatable bonds is 8. The van der Waals surface area contributed by atoms with E-state index in [1.807, 2.05) is 6.07 Å². The lowest BCUT2D eigenvalue weighted by Gasteiger charge is -2.30. The number of methoxy groups -OCH3 is 1. The van der Waals surface area contributed by atoms with Gasteiger partial charge in [-0.3, -0.25) is 0 Å². The maximum Gasteiger partial charge on any atom is 0.191 e. The Morgan fingerprint density at radius 2 is 1.91 bits per heavy atom. The van der Waals surface area contributed by atoms with Crippen LogP contribution in [-0.4, -0.2) is 32.8 Å². The number of aliphatic imine (C=N–C) groups is 1. The van der Waals surface area contributed by atoms with Crippen molar-refractivity contribution in [3.8, 4) is 0 Å². The van der Waals surface area contributed by atoms with Gasteiger partial charge in [-0.05, 0) is 37.2 Å². The maximum absolute atomic E-state index is 5.31. The van der Waals surface area contributed by atoms with Gasteiger partial charge in [-0.15, -0.1) is 0 Å². The molecule has 0 spiro atoms. The van der Waals surface area contributed by atoms with E-state index in [1.165, 1.54) is 31.2 Å². The van der Waals surface area contributed by atoms with E-state index in [0.717, 1.165) is 32.1 Å². The quantitative estimate of drug-likeness (QED) is 0.571. The maximum atomic E-state index is 5.31. The molecule has 4 heteroatoms. The van der Waals surface area contributed by atoms with E-state index in [2.05, 4.69) is 41.8 Å². The third kappa shape index (κ3) is 5.87. The Bertz CT molecular complexity index is 467. The van der Waals surface area contributed by atoms with E-state index in [4.69, 9.17) is 9.73 Å². The highest BCUT2D eigenvalue weighted by Gasteiger charge is 2.33. The first-order chi connectivity index (χ1) is 11.3. The fourth-order valence-corrected chi connectivity index (χ4v) is 3.33. The van der Waals surface area contributed by atoms with E-state index in [-0.39, 0.29) is 0 Å². The molecule has 1 aliphatic carbocycles. The van der Waals surface area contributed by atoms with Crippen molar-refractivity contribution in [3.63, 3.8) is 0 Å². The first-order valence-electron chi connectivity index (χ1n) is 8.83. The van der Waals surface area contributed by atoms with Crippen LogP contribution in [0.25, 0.3) is 0 Å². The summed E-state index contributed by atoms with van der Waals surface area (Å²) in [6.07, 6.45) is 6.39. The highest BCUT2D eigenvalue weighted by atomic mass is 16.5. The zero-order chi connectivity index (χ0) is 16.4. The SMILES string of the molecule is CCNC(=NCc1ccccc1)NCC1(CCOC)CCCC1. The average molecular weight is 317 g/mol. The van der Waals surface area contributed by atoms with Crippen LogP contribution in [0.2, 0.25) is 0 Å². The summed E-state index contributed by atoms with van der Waals surface area (Å²) < 4.78 is 5.31. The summed E-state index contributed by atoms with van der Waals surface area (Å²) in [7, 11) is 1.79. The first kappa shape index (κ1) is 17.8. The van der Waals surface area contributed by atoms with Crippen LogP contribution in [-0.2, 0) is 11.3 Å². The molecule has 0 amide bonds. The van der Waals surface area contributed by atoms with Gasteiger partial charge in [0.15, 0.2) is 5.96 Å². The average Bonchev–Trinajstić information content (AvgIpc) is 3.06. The molecule has 4 nitrogen and oxygen atoms in total. The summed E-state index contributed by atoms with van der Waals surface area (Å²) in [6.45, 7) is 5.53. The third-order valence-electron chi connectivity index (χ3n) is 4.74. The van der Waals surface area contributed by atoms with E-state index in [9.17, 15) is 0 Å². The highest BCUT2D eigenvalue weighted by molar-refractivity contribution is 5.79. The van der Waals surface area contributed by atoms with E-state index in [0.29, 0.717) is 12.0 Å². The smallest absolute Gasteiger partial charge is 0.191 e. The molecule has 1 aliphatic rings. The van der Waals surface area contributed by atoms with Crippen LogP contribution < -0.4 is 10.6 Å². The van der Waals surface area contributed by atoms with Gasteiger partial charge >= 0.3 is 0 Å². The van der Waals surface area contributed by atoms with Crippen molar-refractivity contribution < 1.29 is 4.74 Å². The number of nitrogens with one attached hydrogen (secondary N) is 2. The molecule has 0 saturated heterocycles. The minimum atomic E-state index is 0.374. The molecule has 23 heavy (non-hydrogen) atoms. The van der Waals surface area contributed by atoms with Gasteiger partial charge in [-0.2, -0.15) is 0 Å². The van der Waals surface area contributed by atoms with Gasteiger partial charge in [-0.1, -0.05) is 43.2 Å². The van der Waals surface area contributed by atoms with Crippen LogP contribution in [0, 0.1) is 5.41 Å². The lowest BCUT2D eigenvalue weighted by atomic mass is 9.83. The van der Waals surface area contributed by atoms with Crippen molar-refractivity contribution in [1.29, 1.82) is 0 Å². The second kappa shape index (κ2) is 9.56. The minimum Gasteiger partial charge on any atom is -0.385 e. The van der Waals surface area contributed by atoms with Gasteiger partial charge in [-0.25, -0.2) is 4.99 Å². The number of hydrogen-bond acceptors (Lipinski definition) is 2. The van der Waals surface area contributed by atoms with Gasteiger partial charge in [0.1, 0.15) is 0 Å². The minimum absolute atomic E-state index is 0.374. The summed E-state index contributed by atoms with van der Waals surface area (Å²) in [5.74, 6) is 0.917. The van der Waals surface area contributed by atoms with E-state index in [1.54, 1.807) is 7.11 Å². The molecule has 0 aliphatic heterocycles. The summed E-state index contributed by atoms with van der Waals surface area (Å²) in [4.78, 5) is 4.72. The summed E-state index contributed by atoms with van der Waals surface area (Å²) in [5.41, 5.74) is 1.61. The molecule has 128 valence electrons. The number of nitrogens with zero attached hydrogens (tertiary/aromatic N) is 1. The second-order valence-corrected chi connectivity index (χ2v) is 6.48. The molecule has 0 heterocycles. The molecule has 0 bridgehead atoms. The van der Waals surface area contributed by atoms with Gasteiger partial charge < -0.3 is 15.4 Å². The second-order valence-electron chi connectivity index (χ2n) is 6.48. The van der Waals surface area contributed by atoms with Crippen LogP contribution in [0.15, 0.2) is 35.3 Å². The van der Waals surface area contributed by atoms with Crippen molar-refractivity contribution in [2.24, 2.45) is 10.4 Å². The van der Waals surface area contributed by atoms with Crippen LogP contribution >= 0.6 is 0 Å². The molecule has 0 atom stereocenters. The van der Waals surface area contributed by atoms with Crippen LogP contribution in [0.1, 0.15) is 44.6 Å². The zero-order valence-corrected chi connectivity index (χ0v) is 14.6. The van der Waals surface area contributed by atoms with Gasteiger partial charge in [0.25, 0.3) is 0 Å². The fourth-order valence-electron chi connectivity index (χ4n) is 3.33. The Balaban J connectivity index is 1.92. The molecule has 1 aromatic carbocycles. The van der Waals surface area contributed by atoms with Crippen LogP contribution in [0.5, 0.6) is 0 Å². The Morgan fingerprint density at radius 1 is 1.17 bits per heavy atom. The normalized spacial score (nSPS) is 17.2. The summed E-state index contributed by atoms with van der Waals surface area (Å²) >= 11 is 0. The fraction of sp³-hybridized carbons (Fsp3) is 0.632. The summed E-state index contributed by atoms with van der Waals surface area (Å²) in [5, 5.41) is 6.92. The number of benzene rings is 1. The van der Waals surface area contributed by atoms with Crippen molar-refractivity contribution in [1.82, 2.24) is 10.6 Å². The lowest BCUT2D eigenvalue weighted by Crippen LogP contribution is -2.43. The molecule has 0 aromatic heterocycles. The molecular formula is C19H31N3O. The Kier molecular flexibility index (Phi) is 7.40. The molecule has 2 N–H and O–H groups in total. The van der Waals surface area contributed by atoms with Gasteiger partial charge in [0.2, 0.25) is 0 Å². The predicted molar refractivity (Wildman–Crippen MR) is 96.7 cm³/mol. The molecule has 0 radical (unpaired) electrons. The van der Waals surface area contributed by atoms with E-state index < -0.39 is 0 Å². The number of guanidine groups is 1. The first-order valence-corrected chi connectivity index (χ1v) is 8.83. The number of ether oxygens (including phenoxy) is 1. The Hall–Kier alpha value is -1.55. The lowest BCUT2D eigenvalue weighted by molar-refractivity contribution is 0.138. The van der Waals surface area contributed by atoms with Crippen LogP contribution in [0.4, 0.5) is 0 Å². The summed E-state index contributed by atoms with van der Waals surface area (Å²) in [6, 6.07) is 10.4. The molecule has 1 saturated carbocycles.